The number of hydrogen-bond donors (Lipinski definition) is 2. The Balaban J connectivity index is 2.17. The molecule has 3 N–H and O–H groups in total. The topological polar surface area (TPSA) is 47.3 Å². The molecule has 0 spiro atoms. The second kappa shape index (κ2) is 8.48. The zero-order valence-corrected chi connectivity index (χ0v) is 14.3. The average Bonchev–Trinajstić information content (AvgIpc) is 2.53. The van der Waals surface area contributed by atoms with E-state index in [1.165, 1.54) is 9.13 Å². The Hall–Kier alpha value is -0.950. The lowest BCUT2D eigenvalue weighted by Gasteiger charge is -2.27. The van der Waals surface area contributed by atoms with E-state index in [1.54, 1.807) is 0 Å². The van der Waals surface area contributed by atoms with E-state index in [1.807, 2.05) is 25.1 Å². The molecule has 2 aromatic rings. The summed E-state index contributed by atoms with van der Waals surface area (Å²) in [5.74, 6) is 5.79. The number of halogens is 1. The molecule has 21 heavy (non-hydrogen) atoms. The van der Waals surface area contributed by atoms with Crippen molar-refractivity contribution in [2.75, 3.05) is 6.61 Å². The molecule has 0 aliphatic carbocycles. The van der Waals surface area contributed by atoms with Gasteiger partial charge in [-0.2, -0.15) is 0 Å². The summed E-state index contributed by atoms with van der Waals surface area (Å²) in [5, 5.41) is 0. The highest BCUT2D eigenvalue weighted by Gasteiger charge is 2.22. The van der Waals surface area contributed by atoms with Crippen LogP contribution >= 0.6 is 22.6 Å². The van der Waals surface area contributed by atoms with Gasteiger partial charge in [0.1, 0.15) is 0 Å². The van der Waals surface area contributed by atoms with Crippen LogP contribution in [-0.2, 0) is 11.2 Å². The second-order valence-corrected chi connectivity index (χ2v) is 6.14. The van der Waals surface area contributed by atoms with E-state index in [9.17, 15) is 0 Å². The van der Waals surface area contributed by atoms with Crippen LogP contribution in [0.2, 0.25) is 0 Å². The summed E-state index contributed by atoms with van der Waals surface area (Å²) >= 11 is 2.31. The van der Waals surface area contributed by atoms with Crippen molar-refractivity contribution in [3.8, 4) is 0 Å². The van der Waals surface area contributed by atoms with E-state index in [0.29, 0.717) is 6.61 Å². The number of nitrogens with two attached hydrogens (primary N) is 1. The van der Waals surface area contributed by atoms with Gasteiger partial charge in [0.2, 0.25) is 0 Å². The minimum Gasteiger partial charge on any atom is -0.372 e. The molecule has 0 saturated heterocycles. The summed E-state index contributed by atoms with van der Waals surface area (Å²) in [6, 6.07) is 18.8. The fraction of sp³-hybridized carbons (Fsp3) is 0.294. The van der Waals surface area contributed by atoms with Gasteiger partial charge in [0, 0.05) is 10.2 Å². The van der Waals surface area contributed by atoms with Crippen molar-refractivity contribution < 1.29 is 4.74 Å². The fourth-order valence-corrected chi connectivity index (χ4v) is 2.75. The molecule has 112 valence electrons. The summed E-state index contributed by atoms with van der Waals surface area (Å²) in [7, 11) is 0. The van der Waals surface area contributed by atoms with Gasteiger partial charge in [-0.05, 0) is 59.2 Å². The lowest BCUT2D eigenvalue weighted by atomic mass is 9.96. The third-order valence-electron chi connectivity index (χ3n) is 3.42. The highest BCUT2D eigenvalue weighted by Crippen LogP contribution is 2.23. The Morgan fingerprint density at radius 3 is 2.33 bits per heavy atom. The van der Waals surface area contributed by atoms with Gasteiger partial charge < -0.3 is 4.74 Å². The van der Waals surface area contributed by atoms with Crippen LogP contribution in [-0.4, -0.2) is 12.6 Å². The van der Waals surface area contributed by atoms with Crippen LogP contribution in [0.3, 0.4) is 0 Å². The first-order valence-corrected chi connectivity index (χ1v) is 8.19. The molecule has 0 amide bonds. The molecule has 0 saturated carbocycles. The van der Waals surface area contributed by atoms with Gasteiger partial charge >= 0.3 is 0 Å². The quantitative estimate of drug-likeness (QED) is 0.428. The first-order chi connectivity index (χ1) is 10.2. The van der Waals surface area contributed by atoms with Crippen molar-refractivity contribution in [2.45, 2.75) is 25.5 Å². The summed E-state index contributed by atoms with van der Waals surface area (Å²) in [4.78, 5) is 0. The summed E-state index contributed by atoms with van der Waals surface area (Å²) in [5.41, 5.74) is 5.32. The molecule has 0 aliphatic heterocycles. The molecule has 3 nitrogen and oxygen atoms in total. The molecule has 2 unspecified atom stereocenters. The SMILES string of the molecule is CCOC(c1ccccc1)C(Cc1ccc(I)cc1)NN. The molecule has 0 heterocycles. The maximum absolute atomic E-state index is 5.93. The zero-order chi connectivity index (χ0) is 15.1. The van der Waals surface area contributed by atoms with Crippen LogP contribution in [0.15, 0.2) is 54.6 Å². The number of rotatable bonds is 7. The number of hydrogen-bond acceptors (Lipinski definition) is 3. The van der Waals surface area contributed by atoms with Gasteiger partial charge in [0.25, 0.3) is 0 Å². The van der Waals surface area contributed by atoms with Crippen molar-refractivity contribution in [3.63, 3.8) is 0 Å². The Bertz CT molecular complexity index is 530. The third-order valence-corrected chi connectivity index (χ3v) is 4.14. The molecule has 2 rings (SSSR count). The van der Waals surface area contributed by atoms with E-state index in [4.69, 9.17) is 10.6 Å². The van der Waals surface area contributed by atoms with E-state index < -0.39 is 0 Å². The van der Waals surface area contributed by atoms with Crippen molar-refractivity contribution in [1.29, 1.82) is 0 Å². The summed E-state index contributed by atoms with van der Waals surface area (Å²) in [6.45, 7) is 2.67. The van der Waals surface area contributed by atoms with Gasteiger partial charge in [-0.25, -0.2) is 0 Å². The predicted octanol–water partition coefficient (Wildman–Crippen LogP) is 3.44. The molecule has 0 aromatic heterocycles. The average molecular weight is 396 g/mol. The molecule has 0 radical (unpaired) electrons. The van der Waals surface area contributed by atoms with Crippen LogP contribution in [0.25, 0.3) is 0 Å². The molecule has 2 atom stereocenters. The van der Waals surface area contributed by atoms with E-state index in [2.05, 4.69) is 64.4 Å². The van der Waals surface area contributed by atoms with Crippen molar-refractivity contribution >= 4 is 22.6 Å². The van der Waals surface area contributed by atoms with Crippen LogP contribution in [0.1, 0.15) is 24.2 Å². The second-order valence-electron chi connectivity index (χ2n) is 4.89. The summed E-state index contributed by atoms with van der Waals surface area (Å²) < 4.78 is 7.17. The van der Waals surface area contributed by atoms with Crippen LogP contribution in [0.4, 0.5) is 0 Å². The molecule has 4 heteroatoms. The van der Waals surface area contributed by atoms with E-state index in [-0.39, 0.29) is 12.1 Å². The molecular formula is C17H21IN2O. The van der Waals surface area contributed by atoms with Crippen molar-refractivity contribution in [2.24, 2.45) is 5.84 Å². The maximum Gasteiger partial charge on any atom is 0.0994 e. The normalized spacial score (nSPS) is 13.9. The maximum atomic E-state index is 5.93. The molecule has 0 aliphatic rings. The number of ether oxygens (including phenoxy) is 1. The van der Waals surface area contributed by atoms with E-state index >= 15 is 0 Å². The largest absolute Gasteiger partial charge is 0.372 e. The van der Waals surface area contributed by atoms with Crippen LogP contribution in [0.5, 0.6) is 0 Å². The lowest BCUT2D eigenvalue weighted by molar-refractivity contribution is 0.0332. The fourth-order valence-electron chi connectivity index (χ4n) is 2.39. The Kier molecular flexibility index (Phi) is 6.63. The number of hydrazine groups is 1. The third kappa shape index (κ3) is 4.78. The first-order valence-electron chi connectivity index (χ1n) is 7.11. The molecule has 0 bridgehead atoms. The van der Waals surface area contributed by atoms with Gasteiger partial charge in [0.05, 0.1) is 12.1 Å². The monoisotopic (exact) mass is 396 g/mol. The van der Waals surface area contributed by atoms with Crippen molar-refractivity contribution in [1.82, 2.24) is 5.43 Å². The first kappa shape index (κ1) is 16.4. The molecule has 0 fully saturated rings. The Labute approximate surface area is 140 Å². The van der Waals surface area contributed by atoms with Gasteiger partial charge in [0.15, 0.2) is 0 Å². The van der Waals surface area contributed by atoms with Gasteiger partial charge in [-0.15, -0.1) is 0 Å². The lowest BCUT2D eigenvalue weighted by Crippen LogP contribution is -2.42. The summed E-state index contributed by atoms with van der Waals surface area (Å²) in [6.07, 6.45) is 0.771. The predicted molar refractivity (Wildman–Crippen MR) is 94.8 cm³/mol. The number of nitrogens with one attached hydrogen (secondary N) is 1. The van der Waals surface area contributed by atoms with E-state index in [0.717, 1.165) is 12.0 Å². The minimum atomic E-state index is -0.0551. The molecule has 2 aromatic carbocycles. The van der Waals surface area contributed by atoms with Gasteiger partial charge in [-0.3, -0.25) is 11.3 Å². The highest BCUT2D eigenvalue weighted by molar-refractivity contribution is 14.1. The Morgan fingerprint density at radius 1 is 1.10 bits per heavy atom. The highest BCUT2D eigenvalue weighted by atomic mass is 127. The van der Waals surface area contributed by atoms with Gasteiger partial charge in [-0.1, -0.05) is 42.5 Å². The standard InChI is InChI=1S/C17H21IN2O/c1-2-21-17(14-6-4-3-5-7-14)16(20-19)12-13-8-10-15(18)11-9-13/h3-11,16-17,20H,2,12,19H2,1H3. The van der Waals surface area contributed by atoms with Crippen molar-refractivity contribution in [3.05, 3.63) is 69.3 Å². The minimum absolute atomic E-state index is 0.0346. The molecular weight excluding hydrogens is 375 g/mol. The smallest absolute Gasteiger partial charge is 0.0994 e. The van der Waals surface area contributed by atoms with Crippen LogP contribution in [0, 0.1) is 3.57 Å². The van der Waals surface area contributed by atoms with Crippen LogP contribution < -0.4 is 11.3 Å². The Morgan fingerprint density at radius 2 is 1.76 bits per heavy atom. The zero-order valence-electron chi connectivity index (χ0n) is 12.1. The number of benzene rings is 2.